The normalized spacial score (nSPS) is 15.5. The Hall–Kier alpha value is -2.29. The maximum absolute atomic E-state index is 12.7. The molecule has 0 atom stereocenters. The molecule has 8 heteroatoms. The first-order valence-corrected chi connectivity index (χ1v) is 11.9. The van der Waals surface area contributed by atoms with Crippen molar-refractivity contribution in [2.75, 3.05) is 18.4 Å². The molecular formula is C21H23N3O3S2. The monoisotopic (exact) mass is 429 g/mol. The lowest BCUT2D eigenvalue weighted by Crippen LogP contribution is -2.35. The van der Waals surface area contributed by atoms with Crippen molar-refractivity contribution in [2.24, 2.45) is 0 Å². The molecule has 1 fully saturated rings. The molecule has 0 radical (unpaired) electrons. The van der Waals surface area contributed by atoms with Gasteiger partial charge in [-0.25, -0.2) is 13.4 Å². The number of hydrogen-bond donors (Lipinski definition) is 1. The van der Waals surface area contributed by atoms with Gasteiger partial charge in [0.25, 0.3) is 0 Å². The van der Waals surface area contributed by atoms with Gasteiger partial charge < -0.3 is 5.32 Å². The molecular weight excluding hydrogens is 406 g/mol. The lowest BCUT2D eigenvalue weighted by molar-refractivity contribution is -0.115. The van der Waals surface area contributed by atoms with Crippen LogP contribution in [0.3, 0.4) is 0 Å². The number of nitrogens with one attached hydrogen (secondary N) is 1. The number of hydrogen-bond acceptors (Lipinski definition) is 5. The van der Waals surface area contributed by atoms with Crippen LogP contribution < -0.4 is 5.32 Å². The predicted molar refractivity (Wildman–Crippen MR) is 116 cm³/mol. The molecule has 1 aliphatic rings. The fraction of sp³-hybridized carbons (Fsp3) is 0.333. The minimum absolute atomic E-state index is 0.166. The number of fused-ring (bicyclic) bond motifs is 1. The number of rotatable bonds is 5. The van der Waals surface area contributed by atoms with Crippen molar-refractivity contribution in [3.63, 3.8) is 0 Å². The SMILES string of the molecule is Cc1cccc2sc(NC(=O)Cc3ccc(S(=O)(=O)N4CCCCC4)cc3)nc12. The van der Waals surface area contributed by atoms with Crippen LogP contribution in [0.15, 0.2) is 47.4 Å². The molecule has 1 aliphatic heterocycles. The summed E-state index contributed by atoms with van der Waals surface area (Å²) in [6, 6.07) is 12.5. The van der Waals surface area contributed by atoms with Crippen molar-refractivity contribution in [3.05, 3.63) is 53.6 Å². The third kappa shape index (κ3) is 4.34. The van der Waals surface area contributed by atoms with E-state index in [0.717, 1.165) is 40.6 Å². The number of para-hydroxylation sites is 1. The van der Waals surface area contributed by atoms with Crippen LogP contribution in [-0.2, 0) is 21.2 Å². The Labute approximate surface area is 174 Å². The Bertz CT molecular complexity index is 1130. The van der Waals surface area contributed by atoms with E-state index in [2.05, 4.69) is 10.3 Å². The molecule has 4 rings (SSSR count). The van der Waals surface area contributed by atoms with Gasteiger partial charge in [0, 0.05) is 13.1 Å². The molecule has 29 heavy (non-hydrogen) atoms. The highest BCUT2D eigenvalue weighted by Crippen LogP contribution is 2.28. The number of amides is 1. The standard InChI is InChI=1S/C21H23N3O3S2/c1-15-6-5-7-18-20(15)23-21(28-18)22-19(25)14-16-8-10-17(11-9-16)29(26,27)24-12-3-2-4-13-24/h5-11H,2-4,12-14H2,1H3,(H,22,23,25). The van der Waals surface area contributed by atoms with Gasteiger partial charge in [-0.3, -0.25) is 4.79 Å². The zero-order valence-electron chi connectivity index (χ0n) is 16.2. The summed E-state index contributed by atoms with van der Waals surface area (Å²) in [5, 5.41) is 3.42. The van der Waals surface area contributed by atoms with Gasteiger partial charge in [0.2, 0.25) is 15.9 Å². The molecule has 1 amide bonds. The molecule has 1 aromatic heterocycles. The minimum Gasteiger partial charge on any atom is -0.302 e. The topological polar surface area (TPSA) is 79.4 Å². The molecule has 152 valence electrons. The fourth-order valence-corrected chi connectivity index (χ4v) is 6.00. The highest BCUT2D eigenvalue weighted by atomic mass is 32.2. The number of carbonyl (C=O) groups is 1. The Morgan fingerprint density at radius 1 is 1.10 bits per heavy atom. The number of piperidine rings is 1. The van der Waals surface area contributed by atoms with Crippen LogP contribution in [0.25, 0.3) is 10.2 Å². The van der Waals surface area contributed by atoms with E-state index < -0.39 is 10.0 Å². The molecule has 0 aliphatic carbocycles. The van der Waals surface area contributed by atoms with E-state index in [1.54, 1.807) is 28.6 Å². The van der Waals surface area contributed by atoms with Crippen molar-refractivity contribution in [1.82, 2.24) is 9.29 Å². The first-order chi connectivity index (χ1) is 13.9. The zero-order valence-corrected chi connectivity index (χ0v) is 17.9. The second kappa shape index (κ2) is 8.22. The first-order valence-electron chi connectivity index (χ1n) is 9.68. The van der Waals surface area contributed by atoms with Gasteiger partial charge in [0.1, 0.15) is 0 Å². The van der Waals surface area contributed by atoms with Gasteiger partial charge in [-0.15, -0.1) is 0 Å². The molecule has 2 heterocycles. The third-order valence-electron chi connectivity index (χ3n) is 5.11. The molecule has 1 N–H and O–H groups in total. The van der Waals surface area contributed by atoms with Crippen LogP contribution >= 0.6 is 11.3 Å². The van der Waals surface area contributed by atoms with Crippen molar-refractivity contribution < 1.29 is 13.2 Å². The predicted octanol–water partition coefficient (Wildman–Crippen LogP) is 3.96. The largest absolute Gasteiger partial charge is 0.302 e. The van der Waals surface area contributed by atoms with Gasteiger partial charge in [-0.1, -0.05) is 42.0 Å². The molecule has 0 unspecified atom stereocenters. The molecule has 0 spiro atoms. The summed E-state index contributed by atoms with van der Waals surface area (Å²) in [4.78, 5) is 17.2. The van der Waals surface area contributed by atoms with E-state index in [9.17, 15) is 13.2 Å². The van der Waals surface area contributed by atoms with Gasteiger partial charge in [-0.2, -0.15) is 4.31 Å². The molecule has 1 saturated heterocycles. The van der Waals surface area contributed by atoms with Crippen LogP contribution in [0.4, 0.5) is 5.13 Å². The van der Waals surface area contributed by atoms with E-state index in [-0.39, 0.29) is 17.2 Å². The van der Waals surface area contributed by atoms with Crippen molar-refractivity contribution in [3.8, 4) is 0 Å². The van der Waals surface area contributed by atoms with E-state index in [4.69, 9.17) is 0 Å². The van der Waals surface area contributed by atoms with Gasteiger partial charge in [-0.05, 0) is 49.1 Å². The number of nitrogens with zero attached hydrogens (tertiary/aromatic N) is 2. The second-order valence-electron chi connectivity index (χ2n) is 7.27. The lowest BCUT2D eigenvalue weighted by atomic mass is 10.1. The van der Waals surface area contributed by atoms with Crippen LogP contribution in [-0.4, -0.2) is 36.7 Å². The van der Waals surface area contributed by atoms with E-state index in [1.807, 2.05) is 25.1 Å². The molecule has 0 bridgehead atoms. The van der Waals surface area contributed by atoms with Gasteiger partial charge in [0.05, 0.1) is 21.5 Å². The maximum atomic E-state index is 12.7. The fourth-order valence-electron chi connectivity index (χ4n) is 3.52. The summed E-state index contributed by atoms with van der Waals surface area (Å²) >= 11 is 1.44. The Balaban J connectivity index is 1.42. The number of aromatic nitrogens is 1. The average Bonchev–Trinajstić information content (AvgIpc) is 3.13. The first kappa shape index (κ1) is 20.0. The summed E-state index contributed by atoms with van der Waals surface area (Å²) in [5.41, 5.74) is 2.74. The van der Waals surface area contributed by atoms with E-state index in [0.29, 0.717) is 18.2 Å². The molecule has 0 saturated carbocycles. The number of benzene rings is 2. The second-order valence-corrected chi connectivity index (χ2v) is 10.2. The average molecular weight is 430 g/mol. The summed E-state index contributed by atoms with van der Waals surface area (Å²) in [6.45, 7) is 3.15. The van der Waals surface area contributed by atoms with Gasteiger partial charge in [0.15, 0.2) is 5.13 Å². The number of anilines is 1. The quantitative estimate of drug-likeness (QED) is 0.666. The van der Waals surface area contributed by atoms with Crippen LogP contribution in [0.1, 0.15) is 30.4 Å². The summed E-state index contributed by atoms with van der Waals surface area (Å²) in [6.07, 6.45) is 3.05. The third-order valence-corrected chi connectivity index (χ3v) is 7.96. The summed E-state index contributed by atoms with van der Waals surface area (Å²) < 4.78 is 28.0. The summed E-state index contributed by atoms with van der Waals surface area (Å²) in [5.74, 6) is -0.173. The van der Waals surface area contributed by atoms with Gasteiger partial charge >= 0.3 is 0 Å². The van der Waals surface area contributed by atoms with Crippen molar-refractivity contribution in [1.29, 1.82) is 0 Å². The van der Waals surface area contributed by atoms with Crippen molar-refractivity contribution >= 4 is 42.6 Å². The Kier molecular flexibility index (Phi) is 5.67. The van der Waals surface area contributed by atoms with Crippen LogP contribution in [0.2, 0.25) is 0 Å². The van der Waals surface area contributed by atoms with E-state index in [1.165, 1.54) is 11.3 Å². The highest BCUT2D eigenvalue weighted by molar-refractivity contribution is 7.89. The molecule has 2 aromatic carbocycles. The van der Waals surface area contributed by atoms with Crippen LogP contribution in [0.5, 0.6) is 0 Å². The molecule has 3 aromatic rings. The zero-order chi connectivity index (χ0) is 20.4. The summed E-state index contributed by atoms with van der Waals surface area (Å²) in [7, 11) is -3.45. The van der Waals surface area contributed by atoms with Crippen molar-refractivity contribution in [2.45, 2.75) is 37.5 Å². The highest BCUT2D eigenvalue weighted by Gasteiger charge is 2.25. The Morgan fingerprint density at radius 3 is 2.52 bits per heavy atom. The number of sulfonamides is 1. The smallest absolute Gasteiger partial charge is 0.243 e. The number of thiazole rings is 1. The Morgan fingerprint density at radius 2 is 1.83 bits per heavy atom. The number of aryl methyl sites for hydroxylation is 1. The molecule has 6 nitrogen and oxygen atoms in total. The number of carbonyl (C=O) groups excluding carboxylic acids is 1. The van der Waals surface area contributed by atoms with Crippen LogP contribution in [0, 0.1) is 6.92 Å². The minimum atomic E-state index is -3.45. The lowest BCUT2D eigenvalue weighted by Gasteiger charge is -2.25. The van der Waals surface area contributed by atoms with E-state index >= 15 is 0 Å². The maximum Gasteiger partial charge on any atom is 0.243 e.